The fourth-order valence-corrected chi connectivity index (χ4v) is 5.68. The molecule has 0 aromatic heterocycles. The first-order chi connectivity index (χ1) is 12.1. The first-order valence-electron chi connectivity index (χ1n) is 8.56. The normalized spacial score (nSPS) is 19.2. The molecule has 138 valence electrons. The molecule has 5 nitrogen and oxygen atoms in total. The van der Waals surface area contributed by atoms with Gasteiger partial charge >= 0.3 is 10.2 Å². The Bertz CT molecular complexity index is 875. The number of likely N-dealkylation sites (N-methyl/N-ethyl adjacent to an activating group) is 1. The lowest BCUT2D eigenvalue weighted by Gasteiger charge is -2.45. The SMILES string of the molecule is CN(C)C1=NS(=O)(=O)N(C(C)(C)C)C1(c1ccccc1)c1ccccc1. The van der Waals surface area contributed by atoms with Crippen LogP contribution in [-0.4, -0.2) is 43.1 Å². The molecular formula is C20H25N3O2S. The second kappa shape index (κ2) is 6.21. The Morgan fingerprint density at radius 2 is 1.31 bits per heavy atom. The van der Waals surface area contributed by atoms with E-state index in [2.05, 4.69) is 4.40 Å². The highest BCUT2D eigenvalue weighted by molar-refractivity contribution is 7.88. The summed E-state index contributed by atoms with van der Waals surface area (Å²) in [5.74, 6) is 0.491. The first kappa shape index (κ1) is 18.6. The minimum absolute atomic E-state index is 0.491. The zero-order valence-electron chi connectivity index (χ0n) is 15.8. The van der Waals surface area contributed by atoms with Gasteiger partial charge in [0, 0.05) is 19.6 Å². The second-order valence-corrected chi connectivity index (χ2v) is 9.11. The van der Waals surface area contributed by atoms with Crippen molar-refractivity contribution in [2.75, 3.05) is 14.1 Å². The van der Waals surface area contributed by atoms with Gasteiger partial charge in [0.25, 0.3) is 0 Å². The number of rotatable bonds is 2. The molecule has 1 aliphatic heterocycles. The molecule has 1 heterocycles. The van der Waals surface area contributed by atoms with Crippen LogP contribution in [0.5, 0.6) is 0 Å². The van der Waals surface area contributed by atoms with Gasteiger partial charge in [-0.3, -0.25) is 0 Å². The van der Waals surface area contributed by atoms with E-state index < -0.39 is 21.3 Å². The molecule has 26 heavy (non-hydrogen) atoms. The van der Waals surface area contributed by atoms with E-state index in [1.54, 1.807) is 4.90 Å². The van der Waals surface area contributed by atoms with Crippen molar-refractivity contribution in [2.45, 2.75) is 31.8 Å². The summed E-state index contributed by atoms with van der Waals surface area (Å²) in [5.41, 5.74) is 0.0406. The van der Waals surface area contributed by atoms with E-state index in [9.17, 15) is 8.42 Å². The molecule has 1 aliphatic rings. The third-order valence-corrected chi connectivity index (χ3v) is 6.16. The van der Waals surface area contributed by atoms with E-state index in [4.69, 9.17) is 0 Å². The van der Waals surface area contributed by atoms with Crippen LogP contribution in [0.15, 0.2) is 65.1 Å². The fraction of sp³-hybridized carbons (Fsp3) is 0.350. The summed E-state index contributed by atoms with van der Waals surface area (Å²) in [5, 5.41) is 0. The summed E-state index contributed by atoms with van der Waals surface area (Å²) in [6, 6.07) is 19.4. The standard InChI is InChI=1S/C20H25N3O2S/c1-19(2,3)23-20(16-12-8-6-9-13-16,17-14-10-7-11-15-17)18(22(4)5)21-26(23,24)25/h6-15H,1-5H3. The quantitative estimate of drug-likeness (QED) is 0.814. The smallest absolute Gasteiger partial charge is 0.326 e. The van der Waals surface area contributed by atoms with Crippen LogP contribution in [0.25, 0.3) is 0 Å². The van der Waals surface area contributed by atoms with Crippen LogP contribution >= 0.6 is 0 Å². The Morgan fingerprint density at radius 3 is 1.65 bits per heavy atom. The Morgan fingerprint density at radius 1 is 0.885 bits per heavy atom. The van der Waals surface area contributed by atoms with Crippen LogP contribution in [0.4, 0.5) is 0 Å². The van der Waals surface area contributed by atoms with Gasteiger partial charge < -0.3 is 4.90 Å². The van der Waals surface area contributed by atoms with Crippen LogP contribution in [0.1, 0.15) is 31.9 Å². The van der Waals surface area contributed by atoms with Gasteiger partial charge in [-0.2, -0.15) is 12.7 Å². The second-order valence-electron chi connectivity index (χ2n) is 7.66. The van der Waals surface area contributed by atoms with Crippen molar-refractivity contribution in [1.82, 2.24) is 9.21 Å². The minimum atomic E-state index is -3.86. The maximum Gasteiger partial charge on any atom is 0.326 e. The number of hydrogen-bond acceptors (Lipinski definition) is 3. The largest absolute Gasteiger partial charge is 0.363 e. The van der Waals surface area contributed by atoms with E-state index in [-0.39, 0.29) is 0 Å². The van der Waals surface area contributed by atoms with Gasteiger partial charge in [-0.1, -0.05) is 60.7 Å². The van der Waals surface area contributed by atoms with Crippen molar-refractivity contribution in [2.24, 2.45) is 4.40 Å². The molecular weight excluding hydrogens is 346 g/mol. The maximum absolute atomic E-state index is 13.2. The highest BCUT2D eigenvalue weighted by Gasteiger charge is 2.60. The predicted molar refractivity (Wildman–Crippen MR) is 105 cm³/mol. The van der Waals surface area contributed by atoms with Crippen molar-refractivity contribution in [3.05, 3.63) is 71.8 Å². The Labute approximate surface area is 156 Å². The fourth-order valence-electron chi connectivity index (χ4n) is 3.75. The average Bonchev–Trinajstić information content (AvgIpc) is 2.85. The molecule has 0 saturated heterocycles. The predicted octanol–water partition coefficient (Wildman–Crippen LogP) is 3.25. The molecule has 0 unspecified atom stereocenters. The van der Waals surface area contributed by atoms with Crippen LogP contribution in [-0.2, 0) is 15.7 Å². The number of hydrogen-bond donors (Lipinski definition) is 0. The molecule has 2 aromatic rings. The van der Waals surface area contributed by atoms with Crippen molar-refractivity contribution >= 4 is 16.0 Å². The lowest BCUT2D eigenvalue weighted by molar-refractivity contribution is 0.176. The first-order valence-corrected chi connectivity index (χ1v) is 9.96. The summed E-state index contributed by atoms with van der Waals surface area (Å²) in [6.07, 6.45) is 0. The molecule has 0 spiro atoms. The lowest BCUT2D eigenvalue weighted by atomic mass is 9.79. The maximum atomic E-state index is 13.2. The average molecular weight is 372 g/mol. The van der Waals surface area contributed by atoms with Crippen LogP contribution < -0.4 is 0 Å². The van der Waals surface area contributed by atoms with Gasteiger partial charge in [-0.15, -0.1) is 4.40 Å². The number of nitrogens with zero attached hydrogens (tertiary/aromatic N) is 3. The molecule has 0 atom stereocenters. The zero-order chi connectivity index (χ0) is 19.2. The van der Waals surface area contributed by atoms with E-state index in [1.807, 2.05) is 95.5 Å². The summed E-state index contributed by atoms with van der Waals surface area (Å²) in [7, 11) is -0.194. The minimum Gasteiger partial charge on any atom is -0.363 e. The summed E-state index contributed by atoms with van der Waals surface area (Å²) in [6.45, 7) is 5.71. The third kappa shape index (κ3) is 2.73. The van der Waals surface area contributed by atoms with Crippen molar-refractivity contribution in [3.63, 3.8) is 0 Å². The number of amidine groups is 1. The molecule has 0 N–H and O–H groups in total. The summed E-state index contributed by atoms with van der Waals surface area (Å²) >= 11 is 0. The van der Waals surface area contributed by atoms with Crippen LogP contribution in [0, 0.1) is 0 Å². The summed E-state index contributed by atoms with van der Waals surface area (Å²) in [4.78, 5) is 1.79. The molecule has 6 heteroatoms. The van der Waals surface area contributed by atoms with E-state index >= 15 is 0 Å². The molecule has 3 rings (SSSR count). The molecule has 0 fully saturated rings. The molecule has 0 amide bonds. The van der Waals surface area contributed by atoms with Crippen molar-refractivity contribution in [1.29, 1.82) is 0 Å². The highest BCUT2D eigenvalue weighted by Crippen LogP contribution is 2.48. The van der Waals surface area contributed by atoms with Gasteiger partial charge in [0.2, 0.25) is 0 Å². The van der Waals surface area contributed by atoms with Gasteiger partial charge in [-0.05, 0) is 31.9 Å². The third-order valence-electron chi connectivity index (χ3n) is 4.48. The Hall–Kier alpha value is -2.18. The van der Waals surface area contributed by atoms with Crippen LogP contribution in [0.2, 0.25) is 0 Å². The van der Waals surface area contributed by atoms with Crippen molar-refractivity contribution in [3.8, 4) is 0 Å². The highest BCUT2D eigenvalue weighted by atomic mass is 32.2. The molecule has 0 bridgehead atoms. The Balaban J connectivity index is 2.49. The molecule has 0 aliphatic carbocycles. The van der Waals surface area contributed by atoms with E-state index in [0.29, 0.717) is 5.84 Å². The molecule has 0 radical (unpaired) electrons. The Kier molecular flexibility index (Phi) is 4.45. The monoisotopic (exact) mass is 371 g/mol. The molecule has 0 saturated carbocycles. The lowest BCUT2D eigenvalue weighted by Crippen LogP contribution is -2.59. The molecule has 2 aromatic carbocycles. The van der Waals surface area contributed by atoms with Gasteiger partial charge in [0.05, 0.1) is 0 Å². The zero-order valence-corrected chi connectivity index (χ0v) is 16.7. The van der Waals surface area contributed by atoms with E-state index in [1.165, 1.54) is 4.31 Å². The van der Waals surface area contributed by atoms with E-state index in [0.717, 1.165) is 11.1 Å². The van der Waals surface area contributed by atoms with Gasteiger partial charge in [-0.25, -0.2) is 0 Å². The van der Waals surface area contributed by atoms with Gasteiger partial charge in [0.1, 0.15) is 11.4 Å². The summed E-state index contributed by atoms with van der Waals surface area (Å²) < 4.78 is 32.1. The van der Waals surface area contributed by atoms with Crippen LogP contribution in [0.3, 0.4) is 0 Å². The van der Waals surface area contributed by atoms with Crippen molar-refractivity contribution < 1.29 is 8.42 Å². The van der Waals surface area contributed by atoms with Gasteiger partial charge in [0.15, 0.2) is 0 Å². The number of benzene rings is 2. The topological polar surface area (TPSA) is 53.0 Å².